The van der Waals surface area contributed by atoms with Gasteiger partial charge in [0.1, 0.15) is 6.07 Å². The Morgan fingerprint density at radius 3 is 2.81 bits per heavy atom. The minimum atomic E-state index is -0.487. The van der Waals surface area contributed by atoms with Crippen LogP contribution in [0.1, 0.15) is 19.4 Å². The molecule has 0 radical (unpaired) electrons. The smallest absolute Gasteiger partial charge is 0.181 e. The molecule has 0 saturated heterocycles. The average Bonchev–Trinajstić information content (AvgIpc) is 2.31. The summed E-state index contributed by atoms with van der Waals surface area (Å²) in [6, 6.07) is 7.73. The second-order valence-electron chi connectivity index (χ2n) is 3.20. The van der Waals surface area contributed by atoms with E-state index in [2.05, 4.69) is 15.9 Å². The molecule has 0 saturated carbocycles. The Balaban J connectivity index is 3.04. The van der Waals surface area contributed by atoms with Gasteiger partial charge in [0.2, 0.25) is 0 Å². The molecule has 0 aliphatic carbocycles. The molecule has 0 N–H and O–H groups in total. The number of nitrogens with zero attached hydrogens (tertiary/aromatic N) is 1. The molecule has 16 heavy (non-hydrogen) atoms. The van der Waals surface area contributed by atoms with Crippen molar-refractivity contribution in [3.63, 3.8) is 0 Å². The molecule has 0 heterocycles. The first-order chi connectivity index (χ1) is 7.72. The molecule has 0 fully saturated rings. The van der Waals surface area contributed by atoms with Crippen molar-refractivity contribution in [2.45, 2.75) is 25.3 Å². The van der Waals surface area contributed by atoms with Crippen LogP contribution in [0, 0.1) is 11.3 Å². The van der Waals surface area contributed by atoms with Crippen LogP contribution in [-0.4, -0.2) is 12.7 Å². The van der Waals surface area contributed by atoms with Crippen LogP contribution in [0.15, 0.2) is 18.2 Å². The molecule has 0 aliphatic rings. The minimum absolute atomic E-state index is 0.487. The zero-order valence-electron chi connectivity index (χ0n) is 9.37. The summed E-state index contributed by atoms with van der Waals surface area (Å²) in [5, 5.41) is 9.42. The van der Waals surface area contributed by atoms with Crippen LogP contribution >= 0.6 is 15.9 Å². The van der Waals surface area contributed by atoms with Crippen molar-refractivity contribution >= 4 is 15.9 Å². The Kier molecular flexibility index (Phi) is 5.13. The van der Waals surface area contributed by atoms with Gasteiger partial charge >= 0.3 is 0 Å². The second kappa shape index (κ2) is 6.39. The Hall–Kier alpha value is -1.21. The fourth-order valence-corrected chi connectivity index (χ4v) is 1.71. The SMILES string of the molecule is CCOc1cccc(CBr)c1OC(C)C#N. The summed E-state index contributed by atoms with van der Waals surface area (Å²) in [6.45, 7) is 4.20. The number of hydrogen-bond acceptors (Lipinski definition) is 3. The maximum Gasteiger partial charge on any atom is 0.181 e. The first-order valence-electron chi connectivity index (χ1n) is 5.09. The Morgan fingerprint density at radius 1 is 1.50 bits per heavy atom. The Labute approximate surface area is 104 Å². The van der Waals surface area contributed by atoms with Crippen molar-refractivity contribution in [1.82, 2.24) is 0 Å². The number of para-hydroxylation sites is 1. The van der Waals surface area contributed by atoms with Gasteiger partial charge in [0.15, 0.2) is 17.6 Å². The fraction of sp³-hybridized carbons (Fsp3) is 0.417. The second-order valence-corrected chi connectivity index (χ2v) is 3.76. The van der Waals surface area contributed by atoms with Crippen LogP contribution in [0.4, 0.5) is 0 Å². The number of benzene rings is 1. The molecule has 1 unspecified atom stereocenters. The van der Waals surface area contributed by atoms with E-state index in [0.29, 0.717) is 23.4 Å². The molecule has 0 amide bonds. The predicted molar refractivity (Wildman–Crippen MR) is 65.9 cm³/mol. The zero-order valence-corrected chi connectivity index (χ0v) is 11.0. The summed E-state index contributed by atoms with van der Waals surface area (Å²) >= 11 is 3.39. The van der Waals surface area contributed by atoms with Crippen LogP contribution in [0.2, 0.25) is 0 Å². The third-order valence-electron chi connectivity index (χ3n) is 1.98. The van der Waals surface area contributed by atoms with E-state index in [1.54, 1.807) is 6.92 Å². The van der Waals surface area contributed by atoms with Crippen molar-refractivity contribution in [3.8, 4) is 17.6 Å². The average molecular weight is 284 g/mol. The number of hydrogen-bond donors (Lipinski definition) is 0. The maximum atomic E-state index is 8.75. The topological polar surface area (TPSA) is 42.2 Å². The van der Waals surface area contributed by atoms with Crippen LogP contribution in [-0.2, 0) is 5.33 Å². The molecule has 1 aromatic carbocycles. The van der Waals surface area contributed by atoms with Gasteiger partial charge in [-0.2, -0.15) is 5.26 Å². The van der Waals surface area contributed by atoms with E-state index in [0.717, 1.165) is 5.56 Å². The molecule has 0 aromatic heterocycles. The van der Waals surface area contributed by atoms with Crippen LogP contribution < -0.4 is 9.47 Å². The highest BCUT2D eigenvalue weighted by molar-refractivity contribution is 9.08. The molecule has 1 aromatic rings. The summed E-state index contributed by atoms with van der Waals surface area (Å²) in [7, 11) is 0. The Morgan fingerprint density at radius 2 is 2.25 bits per heavy atom. The van der Waals surface area contributed by atoms with Gasteiger partial charge in [-0.1, -0.05) is 28.1 Å². The molecular formula is C12H14BrNO2. The molecule has 1 rings (SSSR count). The van der Waals surface area contributed by atoms with Gasteiger partial charge in [-0.05, 0) is 19.9 Å². The lowest BCUT2D eigenvalue weighted by molar-refractivity contribution is 0.248. The summed E-state index contributed by atoms with van der Waals surface area (Å²) in [5.74, 6) is 1.33. The van der Waals surface area contributed by atoms with Gasteiger partial charge in [0, 0.05) is 10.9 Å². The number of nitriles is 1. The quantitative estimate of drug-likeness (QED) is 0.779. The molecule has 1 atom stereocenters. The number of rotatable bonds is 5. The lowest BCUT2D eigenvalue weighted by Crippen LogP contribution is -2.11. The Bertz CT molecular complexity index is 387. The van der Waals surface area contributed by atoms with E-state index in [9.17, 15) is 0 Å². The highest BCUT2D eigenvalue weighted by Crippen LogP contribution is 2.33. The molecule has 86 valence electrons. The summed E-state index contributed by atoms with van der Waals surface area (Å²) in [6.07, 6.45) is -0.487. The van der Waals surface area contributed by atoms with E-state index in [4.69, 9.17) is 14.7 Å². The lowest BCUT2D eigenvalue weighted by atomic mass is 10.2. The number of alkyl halides is 1. The first-order valence-corrected chi connectivity index (χ1v) is 6.22. The van der Waals surface area contributed by atoms with E-state index >= 15 is 0 Å². The highest BCUT2D eigenvalue weighted by Gasteiger charge is 2.12. The monoisotopic (exact) mass is 283 g/mol. The predicted octanol–water partition coefficient (Wildman–Crippen LogP) is 3.27. The third-order valence-corrected chi connectivity index (χ3v) is 2.58. The normalized spacial score (nSPS) is 11.6. The molecule has 4 heteroatoms. The minimum Gasteiger partial charge on any atom is -0.490 e. The van der Waals surface area contributed by atoms with E-state index < -0.39 is 6.10 Å². The van der Waals surface area contributed by atoms with Gasteiger partial charge in [-0.25, -0.2) is 0 Å². The van der Waals surface area contributed by atoms with Gasteiger partial charge < -0.3 is 9.47 Å². The summed E-state index contributed by atoms with van der Waals surface area (Å²) in [5.41, 5.74) is 0.980. The third kappa shape index (κ3) is 3.14. The summed E-state index contributed by atoms with van der Waals surface area (Å²) < 4.78 is 11.0. The van der Waals surface area contributed by atoms with E-state index in [-0.39, 0.29) is 0 Å². The van der Waals surface area contributed by atoms with Gasteiger partial charge in [-0.3, -0.25) is 0 Å². The van der Waals surface area contributed by atoms with Crippen LogP contribution in [0.3, 0.4) is 0 Å². The van der Waals surface area contributed by atoms with Crippen molar-refractivity contribution in [2.24, 2.45) is 0 Å². The fourth-order valence-electron chi connectivity index (χ4n) is 1.27. The molecule has 3 nitrogen and oxygen atoms in total. The van der Waals surface area contributed by atoms with E-state index in [1.165, 1.54) is 0 Å². The molecule has 0 bridgehead atoms. The van der Waals surface area contributed by atoms with Crippen molar-refractivity contribution in [2.75, 3.05) is 6.61 Å². The zero-order chi connectivity index (χ0) is 12.0. The van der Waals surface area contributed by atoms with Gasteiger partial charge in [0.05, 0.1) is 6.61 Å². The number of halogens is 1. The van der Waals surface area contributed by atoms with Crippen molar-refractivity contribution < 1.29 is 9.47 Å². The molecule has 0 aliphatic heterocycles. The maximum absolute atomic E-state index is 8.75. The lowest BCUT2D eigenvalue weighted by Gasteiger charge is -2.15. The largest absolute Gasteiger partial charge is 0.490 e. The number of ether oxygens (including phenoxy) is 2. The van der Waals surface area contributed by atoms with E-state index in [1.807, 2.05) is 31.2 Å². The highest BCUT2D eigenvalue weighted by atomic mass is 79.9. The van der Waals surface area contributed by atoms with Gasteiger partial charge in [0.25, 0.3) is 0 Å². The molecule has 0 spiro atoms. The van der Waals surface area contributed by atoms with Crippen LogP contribution in [0.5, 0.6) is 11.5 Å². The van der Waals surface area contributed by atoms with Crippen molar-refractivity contribution in [1.29, 1.82) is 5.26 Å². The van der Waals surface area contributed by atoms with Crippen molar-refractivity contribution in [3.05, 3.63) is 23.8 Å². The molecular weight excluding hydrogens is 270 g/mol. The van der Waals surface area contributed by atoms with Gasteiger partial charge in [-0.15, -0.1) is 0 Å². The van der Waals surface area contributed by atoms with Crippen LogP contribution in [0.25, 0.3) is 0 Å². The first kappa shape index (κ1) is 12.9. The standard InChI is InChI=1S/C12H14BrNO2/c1-3-15-11-6-4-5-10(7-13)12(11)16-9(2)8-14/h4-6,9H,3,7H2,1-2H3. The summed E-state index contributed by atoms with van der Waals surface area (Å²) in [4.78, 5) is 0.